The average Bonchev–Trinajstić information content (AvgIpc) is 2.25. The zero-order chi connectivity index (χ0) is 14.6. The lowest BCUT2D eigenvalue weighted by molar-refractivity contribution is 0.0636. The summed E-state index contributed by atoms with van der Waals surface area (Å²) in [6.07, 6.45) is -0.543. The molecule has 0 aliphatic rings. The first-order valence-corrected chi connectivity index (χ1v) is 6.68. The molecule has 0 aromatic heterocycles. The molecule has 0 heterocycles. The number of ether oxygens (including phenoxy) is 1. The number of halogens is 2. The van der Waals surface area contributed by atoms with Crippen molar-refractivity contribution in [1.82, 2.24) is 0 Å². The molecule has 0 fully saturated rings. The van der Waals surface area contributed by atoms with E-state index in [0.29, 0.717) is 16.3 Å². The van der Waals surface area contributed by atoms with E-state index in [1.165, 1.54) is 0 Å². The molecule has 1 aromatic carbocycles. The van der Waals surface area contributed by atoms with E-state index in [2.05, 4.69) is 11.9 Å². The van der Waals surface area contributed by atoms with Crippen molar-refractivity contribution in [3.8, 4) is 0 Å². The Morgan fingerprint density at radius 3 is 2.58 bits per heavy atom. The first kappa shape index (κ1) is 15.9. The van der Waals surface area contributed by atoms with Crippen LogP contribution in [0.5, 0.6) is 0 Å². The number of alkyl halides is 1. The Morgan fingerprint density at radius 1 is 1.42 bits per heavy atom. The molecule has 3 nitrogen and oxygen atoms in total. The summed E-state index contributed by atoms with van der Waals surface area (Å²) in [7, 11) is 0. The molecule has 0 saturated carbocycles. The summed E-state index contributed by atoms with van der Waals surface area (Å²) in [5.74, 6) is 0.268. The van der Waals surface area contributed by atoms with E-state index in [0.717, 1.165) is 5.56 Å². The van der Waals surface area contributed by atoms with Crippen LogP contribution in [-0.4, -0.2) is 17.6 Å². The van der Waals surface area contributed by atoms with E-state index in [4.69, 9.17) is 27.9 Å². The first-order chi connectivity index (χ1) is 8.73. The lowest BCUT2D eigenvalue weighted by Crippen LogP contribution is -2.27. The van der Waals surface area contributed by atoms with Gasteiger partial charge in [0.2, 0.25) is 0 Å². The standard InChI is InChI=1S/C14H17Cl2NO2/c1-9(8-15)11-6-5-10(16)7-12(11)17-13(18)19-14(2,3)4/h5-7H,1,8H2,2-4H3,(H,17,18). The normalized spacial score (nSPS) is 11.0. The lowest BCUT2D eigenvalue weighted by Gasteiger charge is -2.20. The number of benzene rings is 1. The molecule has 104 valence electrons. The van der Waals surface area contributed by atoms with E-state index in [-0.39, 0.29) is 5.88 Å². The summed E-state index contributed by atoms with van der Waals surface area (Å²) < 4.78 is 5.19. The van der Waals surface area contributed by atoms with Gasteiger partial charge >= 0.3 is 6.09 Å². The number of hydrogen-bond acceptors (Lipinski definition) is 2. The van der Waals surface area contributed by atoms with Crippen molar-refractivity contribution in [1.29, 1.82) is 0 Å². The smallest absolute Gasteiger partial charge is 0.412 e. The van der Waals surface area contributed by atoms with Crippen molar-refractivity contribution >= 4 is 40.6 Å². The van der Waals surface area contributed by atoms with E-state index >= 15 is 0 Å². The number of nitrogens with one attached hydrogen (secondary N) is 1. The maximum Gasteiger partial charge on any atom is 0.412 e. The summed E-state index contributed by atoms with van der Waals surface area (Å²) in [4.78, 5) is 11.8. The summed E-state index contributed by atoms with van der Waals surface area (Å²) in [5, 5.41) is 3.17. The predicted molar refractivity (Wildman–Crippen MR) is 81.1 cm³/mol. The zero-order valence-corrected chi connectivity index (χ0v) is 12.7. The van der Waals surface area contributed by atoms with Gasteiger partial charge in [-0.05, 0) is 38.5 Å². The Labute approximate surface area is 123 Å². The van der Waals surface area contributed by atoms with E-state index in [1.807, 2.05) is 0 Å². The molecule has 1 aromatic rings. The number of amides is 1. The van der Waals surface area contributed by atoms with Crippen molar-refractivity contribution in [2.75, 3.05) is 11.2 Å². The van der Waals surface area contributed by atoms with Crippen LogP contribution in [0.1, 0.15) is 26.3 Å². The number of rotatable bonds is 3. The number of anilines is 1. The maximum atomic E-state index is 11.8. The van der Waals surface area contributed by atoms with Crippen LogP contribution in [0.15, 0.2) is 24.8 Å². The van der Waals surface area contributed by atoms with Gasteiger partial charge in [-0.15, -0.1) is 11.6 Å². The molecule has 1 amide bonds. The lowest BCUT2D eigenvalue weighted by atomic mass is 10.1. The van der Waals surface area contributed by atoms with Crippen LogP contribution in [0, 0.1) is 0 Å². The van der Waals surface area contributed by atoms with Gasteiger partial charge in [-0.25, -0.2) is 4.79 Å². The second-order valence-electron chi connectivity index (χ2n) is 5.05. The molecule has 0 atom stereocenters. The topological polar surface area (TPSA) is 38.3 Å². The van der Waals surface area contributed by atoms with Gasteiger partial charge in [-0.3, -0.25) is 5.32 Å². The third-order valence-corrected chi connectivity index (χ3v) is 2.72. The fourth-order valence-corrected chi connectivity index (χ4v) is 1.73. The fourth-order valence-electron chi connectivity index (χ4n) is 1.41. The summed E-state index contributed by atoms with van der Waals surface area (Å²) in [6, 6.07) is 5.12. The molecule has 0 spiro atoms. The number of carbonyl (C=O) groups is 1. The largest absolute Gasteiger partial charge is 0.444 e. The SMILES string of the molecule is C=C(CCl)c1ccc(Cl)cc1NC(=O)OC(C)(C)C. The number of carbonyl (C=O) groups excluding carboxylic acids is 1. The predicted octanol–water partition coefficient (Wildman–Crippen LogP) is 4.94. The van der Waals surface area contributed by atoms with E-state index in [1.54, 1.807) is 39.0 Å². The molecule has 1 rings (SSSR count). The van der Waals surface area contributed by atoms with Gasteiger partial charge in [-0.1, -0.05) is 24.2 Å². The molecule has 19 heavy (non-hydrogen) atoms. The van der Waals surface area contributed by atoms with Crippen LogP contribution in [0.3, 0.4) is 0 Å². The highest BCUT2D eigenvalue weighted by molar-refractivity contribution is 6.31. The van der Waals surface area contributed by atoms with Crippen LogP contribution >= 0.6 is 23.2 Å². The quantitative estimate of drug-likeness (QED) is 0.803. The van der Waals surface area contributed by atoms with Gasteiger partial charge in [0.15, 0.2) is 0 Å². The Bertz CT molecular complexity index is 493. The molecule has 0 unspecified atom stereocenters. The molecular weight excluding hydrogens is 285 g/mol. The summed E-state index contributed by atoms with van der Waals surface area (Å²) >= 11 is 11.7. The van der Waals surface area contributed by atoms with Crippen molar-refractivity contribution in [2.45, 2.75) is 26.4 Å². The highest BCUT2D eigenvalue weighted by Crippen LogP contribution is 2.27. The van der Waals surface area contributed by atoms with Crippen molar-refractivity contribution in [2.24, 2.45) is 0 Å². The van der Waals surface area contributed by atoms with Gasteiger partial charge in [-0.2, -0.15) is 0 Å². The van der Waals surface area contributed by atoms with Crippen molar-refractivity contribution in [3.63, 3.8) is 0 Å². The first-order valence-electron chi connectivity index (χ1n) is 5.76. The van der Waals surface area contributed by atoms with E-state index in [9.17, 15) is 4.79 Å². The minimum absolute atomic E-state index is 0.268. The van der Waals surface area contributed by atoms with Gasteiger partial charge in [0, 0.05) is 16.5 Å². The average molecular weight is 302 g/mol. The monoisotopic (exact) mass is 301 g/mol. The van der Waals surface area contributed by atoms with Crippen LogP contribution in [0.2, 0.25) is 5.02 Å². The molecule has 0 aliphatic carbocycles. The molecular formula is C14H17Cl2NO2. The molecule has 5 heteroatoms. The summed E-state index contributed by atoms with van der Waals surface area (Å²) in [6.45, 7) is 9.23. The van der Waals surface area contributed by atoms with Crippen LogP contribution in [0.25, 0.3) is 5.57 Å². The third kappa shape index (κ3) is 5.13. The Hall–Kier alpha value is -1.19. The molecule has 0 bridgehead atoms. The van der Waals surface area contributed by atoms with Crippen LogP contribution in [0.4, 0.5) is 10.5 Å². The Morgan fingerprint density at radius 2 is 2.05 bits per heavy atom. The Balaban J connectivity index is 2.96. The Kier molecular flexibility index (Phi) is 5.27. The molecule has 0 saturated heterocycles. The highest BCUT2D eigenvalue weighted by Gasteiger charge is 2.17. The van der Waals surface area contributed by atoms with Crippen molar-refractivity contribution < 1.29 is 9.53 Å². The van der Waals surface area contributed by atoms with Crippen LogP contribution < -0.4 is 5.32 Å². The second-order valence-corrected chi connectivity index (χ2v) is 5.76. The fraction of sp³-hybridized carbons (Fsp3) is 0.357. The van der Waals surface area contributed by atoms with Gasteiger partial charge in [0.05, 0.1) is 5.69 Å². The van der Waals surface area contributed by atoms with Gasteiger partial charge in [0.1, 0.15) is 5.60 Å². The minimum Gasteiger partial charge on any atom is -0.444 e. The maximum absolute atomic E-state index is 11.8. The number of hydrogen-bond donors (Lipinski definition) is 1. The number of allylic oxidation sites excluding steroid dienone is 1. The molecule has 1 N–H and O–H groups in total. The second kappa shape index (κ2) is 6.31. The summed E-state index contributed by atoms with van der Waals surface area (Å²) in [5.41, 5.74) is 1.41. The molecule has 0 aliphatic heterocycles. The van der Waals surface area contributed by atoms with Crippen molar-refractivity contribution in [3.05, 3.63) is 35.4 Å². The van der Waals surface area contributed by atoms with E-state index < -0.39 is 11.7 Å². The van der Waals surface area contributed by atoms with Gasteiger partial charge < -0.3 is 4.74 Å². The third-order valence-electron chi connectivity index (χ3n) is 2.16. The highest BCUT2D eigenvalue weighted by atomic mass is 35.5. The zero-order valence-electron chi connectivity index (χ0n) is 11.2. The van der Waals surface area contributed by atoms with Crippen LogP contribution in [-0.2, 0) is 4.74 Å². The minimum atomic E-state index is -0.563. The molecule has 0 radical (unpaired) electrons. The van der Waals surface area contributed by atoms with Gasteiger partial charge in [0.25, 0.3) is 0 Å².